The summed E-state index contributed by atoms with van der Waals surface area (Å²) >= 11 is 8.11. The highest BCUT2D eigenvalue weighted by molar-refractivity contribution is 8.00. The molecule has 3 aromatic rings. The van der Waals surface area contributed by atoms with E-state index in [4.69, 9.17) is 11.6 Å². The highest BCUT2D eigenvalue weighted by Gasteiger charge is 2.27. The minimum Gasteiger partial charge on any atom is -0.357 e. The van der Waals surface area contributed by atoms with Crippen LogP contribution in [-0.2, 0) is 6.42 Å². The van der Waals surface area contributed by atoms with Gasteiger partial charge in [-0.05, 0) is 35.2 Å². The Labute approximate surface area is 140 Å². The molecule has 0 radical (unpaired) electrons. The van der Waals surface area contributed by atoms with E-state index in [1.807, 2.05) is 17.8 Å². The molecular formula is C19H18ClNS. The van der Waals surface area contributed by atoms with E-state index in [-0.39, 0.29) is 0 Å². The summed E-state index contributed by atoms with van der Waals surface area (Å²) in [5.41, 5.74) is 5.35. The number of aromatic amines is 1. The van der Waals surface area contributed by atoms with Crippen LogP contribution in [0.1, 0.15) is 41.8 Å². The van der Waals surface area contributed by atoms with E-state index in [1.54, 1.807) is 0 Å². The summed E-state index contributed by atoms with van der Waals surface area (Å²) < 4.78 is 0. The molecule has 0 saturated carbocycles. The molecule has 0 spiro atoms. The Balaban J connectivity index is 1.65. The molecule has 0 aliphatic carbocycles. The van der Waals surface area contributed by atoms with E-state index < -0.39 is 0 Å². The molecule has 1 unspecified atom stereocenters. The molecule has 0 fully saturated rings. The zero-order valence-corrected chi connectivity index (χ0v) is 14.3. The van der Waals surface area contributed by atoms with E-state index in [1.165, 1.54) is 32.6 Å². The molecule has 1 aliphatic heterocycles. The van der Waals surface area contributed by atoms with Gasteiger partial charge in [-0.15, -0.1) is 11.8 Å². The molecule has 2 aromatic carbocycles. The van der Waals surface area contributed by atoms with Crippen molar-refractivity contribution >= 4 is 34.3 Å². The Morgan fingerprint density at radius 2 is 1.91 bits per heavy atom. The normalized spacial score (nSPS) is 17.4. The van der Waals surface area contributed by atoms with Gasteiger partial charge >= 0.3 is 0 Å². The Hall–Kier alpha value is -1.38. The minimum absolute atomic E-state index is 0.505. The third kappa shape index (κ3) is 2.35. The van der Waals surface area contributed by atoms with Gasteiger partial charge in [-0.2, -0.15) is 0 Å². The van der Waals surface area contributed by atoms with Crippen molar-refractivity contribution in [2.45, 2.75) is 36.3 Å². The molecule has 1 atom stereocenters. The average Bonchev–Trinajstić information content (AvgIpc) is 3.05. The van der Waals surface area contributed by atoms with Gasteiger partial charge < -0.3 is 4.98 Å². The lowest BCUT2D eigenvalue weighted by atomic mass is 10.00. The van der Waals surface area contributed by atoms with E-state index >= 15 is 0 Å². The molecule has 1 N–H and O–H groups in total. The lowest BCUT2D eigenvalue weighted by Crippen LogP contribution is -1.95. The standard InChI is InChI=1S/C19H18ClNS/c1-11(2)12-3-5-13(6-4-12)18-10-17-19(22-18)15-9-14(20)7-8-16(15)21-17/h3-9,11,18,21H,10H2,1-2H3. The predicted molar refractivity (Wildman–Crippen MR) is 96.1 cm³/mol. The average molecular weight is 328 g/mol. The quantitative estimate of drug-likeness (QED) is 0.581. The maximum Gasteiger partial charge on any atom is 0.0468 e. The van der Waals surface area contributed by atoms with Crippen LogP contribution in [0, 0.1) is 0 Å². The van der Waals surface area contributed by atoms with Crippen molar-refractivity contribution in [1.29, 1.82) is 0 Å². The Morgan fingerprint density at radius 1 is 1.14 bits per heavy atom. The molecule has 0 bridgehead atoms. The van der Waals surface area contributed by atoms with Crippen molar-refractivity contribution in [1.82, 2.24) is 4.98 Å². The van der Waals surface area contributed by atoms with Crippen LogP contribution in [0.5, 0.6) is 0 Å². The second kappa shape index (κ2) is 5.36. The van der Waals surface area contributed by atoms with Crippen molar-refractivity contribution in [3.63, 3.8) is 0 Å². The molecule has 22 heavy (non-hydrogen) atoms. The van der Waals surface area contributed by atoms with E-state index in [0.717, 1.165) is 11.4 Å². The molecule has 0 amide bonds. The second-order valence-electron chi connectivity index (χ2n) is 6.25. The fraction of sp³-hybridized carbons (Fsp3) is 0.263. The summed E-state index contributed by atoms with van der Waals surface area (Å²) in [6.45, 7) is 4.47. The first-order valence-corrected chi connectivity index (χ1v) is 8.94. The first-order valence-electron chi connectivity index (χ1n) is 7.68. The Kier molecular flexibility index (Phi) is 3.47. The molecule has 0 saturated heterocycles. The van der Waals surface area contributed by atoms with Gasteiger partial charge in [-0.25, -0.2) is 0 Å². The number of thioether (sulfide) groups is 1. The Bertz CT molecular complexity index is 833. The molecule has 3 heteroatoms. The number of nitrogens with one attached hydrogen (secondary N) is 1. The molecule has 4 rings (SSSR count). The van der Waals surface area contributed by atoms with Crippen LogP contribution < -0.4 is 0 Å². The lowest BCUT2D eigenvalue weighted by molar-refractivity contribution is 0.861. The minimum atomic E-state index is 0.505. The molecule has 1 aromatic heterocycles. The summed E-state index contributed by atoms with van der Waals surface area (Å²) in [6.07, 6.45) is 1.06. The van der Waals surface area contributed by atoms with Crippen LogP contribution >= 0.6 is 23.4 Å². The molecule has 1 aliphatic rings. The molecular weight excluding hydrogens is 310 g/mol. The smallest absolute Gasteiger partial charge is 0.0468 e. The highest BCUT2D eigenvalue weighted by atomic mass is 35.5. The third-order valence-corrected chi connectivity index (χ3v) is 6.07. The van der Waals surface area contributed by atoms with Crippen molar-refractivity contribution in [2.75, 3.05) is 0 Å². The van der Waals surface area contributed by atoms with Crippen LogP contribution in [0.25, 0.3) is 10.9 Å². The monoisotopic (exact) mass is 327 g/mol. The van der Waals surface area contributed by atoms with Gasteiger partial charge in [-0.3, -0.25) is 0 Å². The number of fused-ring (bicyclic) bond motifs is 3. The van der Waals surface area contributed by atoms with E-state index in [0.29, 0.717) is 11.2 Å². The Morgan fingerprint density at radius 3 is 2.64 bits per heavy atom. The van der Waals surface area contributed by atoms with Crippen LogP contribution in [0.15, 0.2) is 47.4 Å². The zero-order valence-electron chi connectivity index (χ0n) is 12.7. The maximum absolute atomic E-state index is 6.15. The number of hydrogen-bond acceptors (Lipinski definition) is 1. The van der Waals surface area contributed by atoms with Crippen LogP contribution in [0.4, 0.5) is 0 Å². The van der Waals surface area contributed by atoms with Gasteiger partial charge in [0, 0.05) is 38.2 Å². The summed E-state index contributed by atoms with van der Waals surface area (Å²) in [4.78, 5) is 4.92. The largest absolute Gasteiger partial charge is 0.357 e. The first kappa shape index (κ1) is 14.2. The van der Waals surface area contributed by atoms with Crippen molar-refractivity contribution in [2.24, 2.45) is 0 Å². The van der Waals surface area contributed by atoms with Crippen molar-refractivity contribution in [3.8, 4) is 0 Å². The van der Waals surface area contributed by atoms with Gasteiger partial charge in [0.25, 0.3) is 0 Å². The van der Waals surface area contributed by atoms with E-state index in [9.17, 15) is 0 Å². The SMILES string of the molecule is CC(C)c1ccc(C2Cc3[nH]c4ccc(Cl)cc4c3S2)cc1. The second-order valence-corrected chi connectivity index (χ2v) is 7.90. The fourth-order valence-electron chi connectivity index (χ4n) is 3.12. The van der Waals surface area contributed by atoms with E-state index in [2.05, 4.69) is 55.2 Å². The van der Waals surface area contributed by atoms with Crippen LogP contribution in [0.2, 0.25) is 5.02 Å². The van der Waals surface area contributed by atoms with Gasteiger partial charge in [0.15, 0.2) is 0 Å². The van der Waals surface area contributed by atoms with Gasteiger partial charge in [0.1, 0.15) is 0 Å². The topological polar surface area (TPSA) is 15.8 Å². The van der Waals surface area contributed by atoms with Crippen LogP contribution in [-0.4, -0.2) is 4.98 Å². The molecule has 112 valence electrons. The van der Waals surface area contributed by atoms with Gasteiger partial charge in [0.2, 0.25) is 0 Å². The van der Waals surface area contributed by atoms with Crippen molar-refractivity contribution in [3.05, 3.63) is 64.3 Å². The number of aromatic nitrogens is 1. The predicted octanol–water partition coefficient (Wildman–Crippen LogP) is 6.33. The summed E-state index contributed by atoms with van der Waals surface area (Å²) in [5, 5.41) is 2.57. The maximum atomic E-state index is 6.15. The number of rotatable bonds is 2. The number of benzene rings is 2. The lowest BCUT2D eigenvalue weighted by Gasteiger charge is -2.12. The first-order chi connectivity index (χ1) is 10.6. The van der Waals surface area contributed by atoms with Crippen LogP contribution in [0.3, 0.4) is 0 Å². The molecule has 1 nitrogen and oxygen atoms in total. The number of H-pyrrole nitrogens is 1. The summed E-state index contributed by atoms with van der Waals surface area (Å²) in [5.74, 6) is 0.587. The summed E-state index contributed by atoms with van der Waals surface area (Å²) in [6, 6.07) is 15.2. The van der Waals surface area contributed by atoms with Gasteiger partial charge in [0.05, 0.1) is 0 Å². The summed E-state index contributed by atoms with van der Waals surface area (Å²) in [7, 11) is 0. The van der Waals surface area contributed by atoms with Crippen molar-refractivity contribution < 1.29 is 0 Å². The third-order valence-electron chi connectivity index (χ3n) is 4.41. The fourth-order valence-corrected chi connectivity index (χ4v) is 4.70. The highest BCUT2D eigenvalue weighted by Crippen LogP contribution is 2.49. The number of hydrogen-bond donors (Lipinski definition) is 1. The van der Waals surface area contributed by atoms with Gasteiger partial charge in [-0.1, -0.05) is 49.7 Å². The zero-order chi connectivity index (χ0) is 15.3. The molecule has 2 heterocycles. The number of halogens is 1.